The normalized spacial score (nSPS) is 17.2. The van der Waals surface area contributed by atoms with Gasteiger partial charge in [0.2, 0.25) is 0 Å². The molecule has 2 aliphatic heterocycles. The summed E-state index contributed by atoms with van der Waals surface area (Å²) in [5.74, 6) is 0. The third-order valence-corrected chi connectivity index (χ3v) is 21.2. The molecule has 0 saturated carbocycles. The molecule has 0 amide bonds. The standard InChI is InChI=1S/C81H87BN2/c1-52-45-72-74-73(46-52)84(69-39-35-59(80(13,14)57-23-19-17-20-24-57)47-62(69)55-29-27-53(28-30-55)54-31-33-56(34-32-54)75(2,3)4)70-40-36-60(81(15,16)58-25-21-18-22-26-58)48-67(70)82(74)68-50-65-66(79(11,12)44-43-78(65,9)10)51-71(68)83(72)61-37-38-63-64(49-61)77(7,8)42-41-76(63,5)6/h17-40,45-51H,41-44H2,1-16H3. The first-order valence-corrected chi connectivity index (χ1v) is 31.4. The fourth-order valence-corrected chi connectivity index (χ4v) is 15.2. The Morgan fingerprint density at radius 3 is 1.33 bits per heavy atom. The zero-order chi connectivity index (χ0) is 59.3. The van der Waals surface area contributed by atoms with Gasteiger partial charge in [0, 0.05) is 44.8 Å². The Morgan fingerprint density at radius 1 is 0.345 bits per heavy atom. The Morgan fingerprint density at radius 2 is 0.786 bits per heavy atom. The molecule has 3 heteroatoms. The monoisotopic (exact) mass is 1100 g/mol. The Labute approximate surface area is 504 Å². The van der Waals surface area contributed by atoms with Crippen molar-refractivity contribution in [2.24, 2.45) is 0 Å². The van der Waals surface area contributed by atoms with Gasteiger partial charge in [-0.2, -0.15) is 0 Å². The van der Waals surface area contributed by atoms with Crippen LogP contribution in [-0.2, 0) is 37.9 Å². The van der Waals surface area contributed by atoms with Gasteiger partial charge >= 0.3 is 0 Å². The van der Waals surface area contributed by atoms with Crippen LogP contribution in [0.5, 0.6) is 0 Å². The highest BCUT2D eigenvalue weighted by molar-refractivity contribution is 7.00. The summed E-state index contributed by atoms with van der Waals surface area (Å²) in [5, 5.41) is 0. The molecule has 0 N–H and O–H groups in total. The summed E-state index contributed by atoms with van der Waals surface area (Å²) in [4.78, 5) is 5.39. The molecule has 2 aliphatic carbocycles. The highest BCUT2D eigenvalue weighted by Gasteiger charge is 2.48. The van der Waals surface area contributed by atoms with Gasteiger partial charge in [-0.25, -0.2) is 0 Å². The Kier molecular flexibility index (Phi) is 12.8. The number of fused-ring (bicyclic) bond motifs is 6. The number of aryl methyl sites for hydroxylation is 1. The van der Waals surface area contributed by atoms with E-state index in [4.69, 9.17) is 0 Å². The van der Waals surface area contributed by atoms with Crippen molar-refractivity contribution in [3.63, 3.8) is 0 Å². The maximum Gasteiger partial charge on any atom is 0.252 e. The Balaban J connectivity index is 1.11. The lowest BCUT2D eigenvalue weighted by atomic mass is 9.33. The van der Waals surface area contributed by atoms with E-state index in [0.717, 1.165) is 19.3 Å². The molecule has 0 bridgehead atoms. The van der Waals surface area contributed by atoms with Crippen LogP contribution >= 0.6 is 0 Å². The van der Waals surface area contributed by atoms with E-state index in [2.05, 4.69) is 309 Å². The zero-order valence-corrected chi connectivity index (χ0v) is 53.2. The van der Waals surface area contributed by atoms with Crippen molar-refractivity contribution in [2.45, 2.75) is 174 Å². The van der Waals surface area contributed by atoms with Gasteiger partial charge in [-0.05, 0) is 197 Å². The molecule has 2 heterocycles. The summed E-state index contributed by atoms with van der Waals surface area (Å²) in [5.41, 5.74) is 30.0. The molecule has 0 aromatic heterocycles. The molecule has 0 fully saturated rings. The van der Waals surface area contributed by atoms with E-state index in [1.54, 1.807) is 0 Å². The van der Waals surface area contributed by atoms with Crippen LogP contribution < -0.4 is 26.2 Å². The van der Waals surface area contributed by atoms with E-state index in [-0.39, 0.29) is 44.6 Å². The summed E-state index contributed by atoms with van der Waals surface area (Å²) >= 11 is 0. The molecule has 0 saturated heterocycles. The van der Waals surface area contributed by atoms with E-state index in [0.29, 0.717) is 0 Å². The third-order valence-electron chi connectivity index (χ3n) is 21.2. The van der Waals surface area contributed by atoms with Crippen LogP contribution in [-0.4, -0.2) is 6.71 Å². The molecule has 0 unspecified atom stereocenters. The molecule has 9 aromatic rings. The number of hydrogen-bond donors (Lipinski definition) is 0. The Hall–Kier alpha value is -7.36. The molecule has 424 valence electrons. The number of benzene rings is 9. The van der Waals surface area contributed by atoms with Crippen molar-refractivity contribution >= 4 is 57.2 Å². The average molecular weight is 1100 g/mol. The summed E-state index contributed by atoms with van der Waals surface area (Å²) in [6.07, 6.45) is 4.66. The molecule has 13 rings (SSSR count). The first-order valence-electron chi connectivity index (χ1n) is 31.4. The summed E-state index contributed by atoms with van der Waals surface area (Å²) < 4.78 is 0. The van der Waals surface area contributed by atoms with Crippen molar-refractivity contribution in [1.82, 2.24) is 0 Å². The van der Waals surface area contributed by atoms with E-state index in [1.807, 2.05) is 0 Å². The van der Waals surface area contributed by atoms with Gasteiger partial charge < -0.3 is 9.80 Å². The predicted octanol–water partition coefficient (Wildman–Crippen LogP) is 20.1. The van der Waals surface area contributed by atoms with Gasteiger partial charge in [0.25, 0.3) is 6.71 Å². The average Bonchev–Trinajstić information content (AvgIpc) is 0.736. The van der Waals surface area contributed by atoms with Crippen molar-refractivity contribution in [3.05, 3.63) is 244 Å². The molecule has 0 atom stereocenters. The van der Waals surface area contributed by atoms with E-state index in [9.17, 15) is 0 Å². The summed E-state index contributed by atoms with van der Waals surface area (Å²) in [6.45, 7) is 38.6. The van der Waals surface area contributed by atoms with Gasteiger partial charge in [-0.15, -0.1) is 0 Å². The van der Waals surface area contributed by atoms with Gasteiger partial charge in [0.05, 0.1) is 5.69 Å². The maximum atomic E-state index is 2.72. The molecular weight excluding hydrogens is 1010 g/mol. The topological polar surface area (TPSA) is 6.48 Å². The number of nitrogens with zero attached hydrogens (tertiary/aromatic N) is 2. The van der Waals surface area contributed by atoms with Gasteiger partial charge in [-0.3, -0.25) is 0 Å². The first kappa shape index (κ1) is 55.8. The van der Waals surface area contributed by atoms with Gasteiger partial charge in [-0.1, -0.05) is 243 Å². The quantitative estimate of drug-likeness (QED) is 0.140. The third kappa shape index (κ3) is 9.04. The maximum absolute atomic E-state index is 2.72. The van der Waals surface area contributed by atoms with E-state index >= 15 is 0 Å². The molecule has 4 aliphatic rings. The summed E-state index contributed by atoms with van der Waals surface area (Å²) in [7, 11) is 0. The second kappa shape index (κ2) is 19.3. The van der Waals surface area contributed by atoms with Gasteiger partial charge in [0.15, 0.2) is 0 Å². The number of hydrogen-bond acceptors (Lipinski definition) is 2. The molecule has 84 heavy (non-hydrogen) atoms. The molecule has 0 spiro atoms. The van der Waals surface area contributed by atoms with E-state index < -0.39 is 0 Å². The van der Waals surface area contributed by atoms with Crippen LogP contribution in [0.4, 0.5) is 34.1 Å². The molecule has 2 nitrogen and oxygen atoms in total. The number of anilines is 6. The van der Waals surface area contributed by atoms with Crippen LogP contribution in [0.1, 0.15) is 185 Å². The van der Waals surface area contributed by atoms with E-state index in [1.165, 1.54) is 135 Å². The highest BCUT2D eigenvalue weighted by Crippen LogP contribution is 2.54. The molecular formula is C81H87BN2. The van der Waals surface area contributed by atoms with Crippen LogP contribution in [0.25, 0.3) is 22.3 Å². The SMILES string of the molecule is Cc1cc2c3c(c1)N(c1ccc(C(C)(C)c4ccccc4)cc1-c1ccc(-c4ccc(C(C)(C)C)cc4)cc1)c1ccc(C(C)(C)c4ccccc4)cc1B3c1cc3c(cc1N2c1ccc2c(c1)C(C)(C)CCC2(C)C)C(C)(C)CCC3(C)C. The number of rotatable bonds is 8. The summed E-state index contributed by atoms with van der Waals surface area (Å²) in [6, 6.07) is 73.8. The lowest BCUT2D eigenvalue weighted by Gasteiger charge is -2.48. The molecule has 9 aromatic carbocycles. The van der Waals surface area contributed by atoms with Crippen molar-refractivity contribution in [2.75, 3.05) is 9.80 Å². The van der Waals surface area contributed by atoms with Crippen LogP contribution in [0.3, 0.4) is 0 Å². The Bertz CT molecular complexity index is 4050. The first-order chi connectivity index (χ1) is 39.7. The second-order valence-electron chi connectivity index (χ2n) is 30.4. The fraction of sp³-hybridized carbons (Fsp3) is 0.333. The minimum atomic E-state index is -0.267. The van der Waals surface area contributed by atoms with Crippen molar-refractivity contribution < 1.29 is 0 Å². The lowest BCUT2D eigenvalue weighted by Crippen LogP contribution is -2.62. The predicted molar refractivity (Wildman–Crippen MR) is 362 cm³/mol. The van der Waals surface area contributed by atoms with Gasteiger partial charge in [0.1, 0.15) is 0 Å². The minimum Gasteiger partial charge on any atom is -0.311 e. The van der Waals surface area contributed by atoms with Crippen LogP contribution in [0.2, 0.25) is 0 Å². The van der Waals surface area contributed by atoms with Crippen LogP contribution in [0.15, 0.2) is 188 Å². The highest BCUT2D eigenvalue weighted by atomic mass is 15.2. The van der Waals surface area contributed by atoms with Crippen LogP contribution in [0, 0.1) is 6.92 Å². The second-order valence-corrected chi connectivity index (χ2v) is 30.4. The zero-order valence-electron chi connectivity index (χ0n) is 53.2. The fourth-order valence-electron chi connectivity index (χ4n) is 15.2. The largest absolute Gasteiger partial charge is 0.311 e. The van der Waals surface area contributed by atoms with Crippen molar-refractivity contribution in [1.29, 1.82) is 0 Å². The minimum absolute atomic E-state index is 0.0127. The lowest BCUT2D eigenvalue weighted by molar-refractivity contribution is 0.332. The molecule has 0 radical (unpaired) electrons. The smallest absolute Gasteiger partial charge is 0.252 e. The van der Waals surface area contributed by atoms with Crippen molar-refractivity contribution in [3.8, 4) is 22.3 Å².